The summed E-state index contributed by atoms with van der Waals surface area (Å²) < 4.78 is 5.55. The number of hydrogen-bond acceptors (Lipinski definition) is 4. The molecule has 3 aromatic rings. The van der Waals surface area contributed by atoms with E-state index in [-0.39, 0.29) is 16.3 Å². The van der Waals surface area contributed by atoms with Gasteiger partial charge in [-0.2, -0.15) is 5.26 Å². The average Bonchev–Trinajstić information content (AvgIpc) is 2.65. The Bertz CT molecular complexity index is 1140. The van der Waals surface area contributed by atoms with Crippen LogP contribution in [0, 0.1) is 11.3 Å². The summed E-state index contributed by atoms with van der Waals surface area (Å²) in [5.41, 5.74) is 0.635. The molecule has 140 valence electrons. The zero-order valence-corrected chi connectivity index (χ0v) is 15.7. The van der Waals surface area contributed by atoms with Gasteiger partial charge in [0.05, 0.1) is 21.8 Å². The maximum Gasteiger partial charge on any atom is 0.335 e. The summed E-state index contributed by atoms with van der Waals surface area (Å²) in [6.45, 7) is -0.406. The Hall–Kier alpha value is -3.27. The molecule has 0 saturated carbocycles. The van der Waals surface area contributed by atoms with Gasteiger partial charge in [0, 0.05) is 10.4 Å². The van der Waals surface area contributed by atoms with E-state index >= 15 is 0 Å². The lowest BCUT2D eigenvalue weighted by atomic mass is 10.1. The van der Waals surface area contributed by atoms with Crippen molar-refractivity contribution in [1.82, 2.24) is 0 Å². The van der Waals surface area contributed by atoms with E-state index in [1.807, 2.05) is 6.07 Å². The third kappa shape index (κ3) is 4.17. The summed E-state index contributed by atoms with van der Waals surface area (Å²) in [7, 11) is 0. The zero-order chi connectivity index (χ0) is 20.3. The molecule has 0 spiro atoms. The number of nitriles is 1. The number of carboxylic acids is 1. The predicted octanol–water partition coefficient (Wildman–Crippen LogP) is 4.73. The summed E-state index contributed by atoms with van der Waals surface area (Å²) >= 11 is 12.2. The summed E-state index contributed by atoms with van der Waals surface area (Å²) in [6.07, 6.45) is 0. The van der Waals surface area contributed by atoms with Crippen molar-refractivity contribution >= 4 is 51.5 Å². The lowest BCUT2D eigenvalue weighted by Gasteiger charge is -2.13. The van der Waals surface area contributed by atoms with Crippen LogP contribution in [0.1, 0.15) is 15.9 Å². The van der Waals surface area contributed by atoms with Crippen LogP contribution in [0.2, 0.25) is 10.0 Å². The van der Waals surface area contributed by atoms with Gasteiger partial charge in [0.1, 0.15) is 11.8 Å². The fraction of sp³-hybridized carbons (Fsp3) is 0.0500. The molecule has 2 N–H and O–H groups in total. The first-order valence-electron chi connectivity index (χ1n) is 7.97. The second-order valence-electron chi connectivity index (χ2n) is 5.76. The van der Waals surface area contributed by atoms with Crippen LogP contribution in [-0.2, 0) is 4.79 Å². The molecule has 0 saturated heterocycles. The van der Waals surface area contributed by atoms with Gasteiger partial charge >= 0.3 is 5.97 Å². The number of ether oxygens (including phenoxy) is 1. The van der Waals surface area contributed by atoms with Crippen LogP contribution >= 0.6 is 23.2 Å². The van der Waals surface area contributed by atoms with Crippen molar-refractivity contribution in [2.45, 2.75) is 0 Å². The number of anilines is 1. The Morgan fingerprint density at radius 3 is 2.61 bits per heavy atom. The van der Waals surface area contributed by atoms with Crippen molar-refractivity contribution in [3.8, 4) is 11.8 Å². The van der Waals surface area contributed by atoms with E-state index in [0.29, 0.717) is 27.0 Å². The molecule has 0 radical (unpaired) electrons. The number of para-hydroxylation sites is 1. The van der Waals surface area contributed by atoms with Crippen molar-refractivity contribution in [2.75, 3.05) is 11.9 Å². The van der Waals surface area contributed by atoms with Crippen LogP contribution in [0.5, 0.6) is 5.75 Å². The van der Waals surface area contributed by atoms with E-state index in [1.54, 1.807) is 30.3 Å². The second kappa shape index (κ2) is 8.17. The first kappa shape index (κ1) is 19.5. The number of amides is 1. The summed E-state index contributed by atoms with van der Waals surface area (Å²) in [5, 5.41) is 22.5. The van der Waals surface area contributed by atoms with Gasteiger partial charge in [-0.1, -0.05) is 35.3 Å². The molecule has 0 fully saturated rings. The number of rotatable bonds is 5. The fourth-order valence-corrected chi connectivity index (χ4v) is 3.25. The van der Waals surface area contributed by atoms with E-state index in [0.717, 1.165) is 0 Å². The molecule has 0 heterocycles. The Labute approximate surface area is 169 Å². The largest absolute Gasteiger partial charge is 0.483 e. The van der Waals surface area contributed by atoms with Gasteiger partial charge in [0.25, 0.3) is 5.91 Å². The first-order chi connectivity index (χ1) is 13.4. The molecular formula is C20H12Cl2N2O4. The number of aromatic carboxylic acids is 1. The maximum absolute atomic E-state index is 12.2. The molecule has 0 aliphatic heterocycles. The predicted molar refractivity (Wildman–Crippen MR) is 106 cm³/mol. The number of carbonyl (C=O) groups is 2. The molecular weight excluding hydrogens is 403 g/mol. The number of benzene rings is 3. The minimum absolute atomic E-state index is 0.0314. The van der Waals surface area contributed by atoms with Gasteiger partial charge in [-0.05, 0) is 41.8 Å². The van der Waals surface area contributed by atoms with Gasteiger partial charge in [0.2, 0.25) is 0 Å². The topological polar surface area (TPSA) is 99.4 Å². The van der Waals surface area contributed by atoms with Crippen LogP contribution in [0.3, 0.4) is 0 Å². The highest BCUT2D eigenvalue weighted by Gasteiger charge is 2.15. The molecule has 0 unspecified atom stereocenters. The Balaban J connectivity index is 1.88. The fourth-order valence-electron chi connectivity index (χ4n) is 2.65. The molecule has 0 aliphatic carbocycles. The second-order valence-corrected chi connectivity index (χ2v) is 6.60. The molecule has 6 nitrogen and oxygen atoms in total. The van der Waals surface area contributed by atoms with Crippen molar-refractivity contribution in [3.63, 3.8) is 0 Å². The van der Waals surface area contributed by atoms with Gasteiger partial charge in [-0.3, -0.25) is 4.79 Å². The van der Waals surface area contributed by atoms with E-state index < -0.39 is 18.5 Å². The van der Waals surface area contributed by atoms with E-state index in [2.05, 4.69) is 5.32 Å². The molecule has 0 aliphatic rings. The first-order valence-corrected chi connectivity index (χ1v) is 8.72. The zero-order valence-electron chi connectivity index (χ0n) is 14.2. The molecule has 3 rings (SSSR count). The SMILES string of the molecule is N#Cc1ccccc1NC(=O)COc1cc(C(=O)O)cc2cc(Cl)cc(Cl)c12. The third-order valence-corrected chi connectivity index (χ3v) is 4.37. The van der Waals surface area contributed by atoms with Crippen molar-refractivity contribution < 1.29 is 19.4 Å². The quantitative estimate of drug-likeness (QED) is 0.628. The van der Waals surface area contributed by atoms with Crippen molar-refractivity contribution in [3.05, 3.63) is 69.7 Å². The number of carbonyl (C=O) groups excluding carboxylic acids is 1. The van der Waals surface area contributed by atoms with E-state index in [4.69, 9.17) is 33.2 Å². The highest BCUT2D eigenvalue weighted by molar-refractivity contribution is 6.39. The van der Waals surface area contributed by atoms with Crippen LogP contribution in [0.4, 0.5) is 5.69 Å². The number of halogens is 2. The minimum Gasteiger partial charge on any atom is -0.483 e. The summed E-state index contributed by atoms with van der Waals surface area (Å²) in [4.78, 5) is 23.6. The smallest absolute Gasteiger partial charge is 0.335 e. The highest BCUT2D eigenvalue weighted by Crippen LogP contribution is 2.36. The Morgan fingerprint density at radius 2 is 1.89 bits per heavy atom. The number of fused-ring (bicyclic) bond motifs is 1. The van der Waals surface area contributed by atoms with E-state index in [1.165, 1.54) is 18.2 Å². The van der Waals surface area contributed by atoms with Gasteiger partial charge in [0.15, 0.2) is 6.61 Å². The number of carboxylic acid groups (broad SMARTS) is 1. The third-order valence-electron chi connectivity index (χ3n) is 3.86. The van der Waals surface area contributed by atoms with E-state index in [9.17, 15) is 14.7 Å². The lowest BCUT2D eigenvalue weighted by Crippen LogP contribution is -2.21. The lowest BCUT2D eigenvalue weighted by molar-refractivity contribution is -0.118. The molecule has 0 bridgehead atoms. The molecule has 1 amide bonds. The Kier molecular flexibility index (Phi) is 5.69. The van der Waals surface area contributed by atoms with Gasteiger partial charge in [-0.25, -0.2) is 4.79 Å². The minimum atomic E-state index is -1.16. The standard InChI is InChI=1S/C20H12Cl2N2O4/c21-14-6-12-5-13(20(26)27)7-17(19(12)15(22)8-14)28-10-18(25)24-16-4-2-1-3-11(16)9-23/h1-8H,10H2,(H,24,25)(H,26,27). The number of hydrogen-bond donors (Lipinski definition) is 2. The van der Waals surface area contributed by atoms with Crippen LogP contribution in [0.25, 0.3) is 10.8 Å². The van der Waals surface area contributed by atoms with Crippen molar-refractivity contribution in [1.29, 1.82) is 5.26 Å². The van der Waals surface area contributed by atoms with Crippen molar-refractivity contribution in [2.24, 2.45) is 0 Å². The van der Waals surface area contributed by atoms with Crippen LogP contribution in [-0.4, -0.2) is 23.6 Å². The highest BCUT2D eigenvalue weighted by atomic mass is 35.5. The normalized spacial score (nSPS) is 10.3. The molecule has 0 aromatic heterocycles. The molecule has 3 aromatic carbocycles. The van der Waals surface area contributed by atoms with Crippen LogP contribution < -0.4 is 10.1 Å². The van der Waals surface area contributed by atoms with Gasteiger partial charge < -0.3 is 15.2 Å². The monoisotopic (exact) mass is 414 g/mol. The van der Waals surface area contributed by atoms with Gasteiger partial charge in [-0.15, -0.1) is 0 Å². The molecule has 0 atom stereocenters. The average molecular weight is 415 g/mol. The Morgan fingerprint density at radius 1 is 1.14 bits per heavy atom. The van der Waals surface area contributed by atoms with Crippen LogP contribution in [0.15, 0.2) is 48.5 Å². The number of nitrogens with zero attached hydrogens (tertiary/aromatic N) is 1. The number of nitrogens with one attached hydrogen (secondary N) is 1. The molecule has 28 heavy (non-hydrogen) atoms. The summed E-state index contributed by atoms with van der Waals surface area (Å²) in [5.74, 6) is -1.53. The summed E-state index contributed by atoms with van der Waals surface area (Å²) in [6, 6.07) is 14.3. The molecule has 8 heteroatoms. The maximum atomic E-state index is 12.2.